The van der Waals surface area contributed by atoms with Crippen molar-refractivity contribution in [1.29, 1.82) is 0 Å². The van der Waals surface area contributed by atoms with Gasteiger partial charge in [0.25, 0.3) is 0 Å². The first-order valence-electron chi connectivity index (χ1n) is 10.3. The molecule has 2 aliphatic heterocycles. The second-order valence-electron chi connectivity index (χ2n) is 7.57. The summed E-state index contributed by atoms with van der Waals surface area (Å²) in [6.45, 7) is 5.96. The molecule has 2 atom stereocenters. The van der Waals surface area contributed by atoms with E-state index in [1.165, 1.54) is 36.8 Å². The number of nitrogens with zero attached hydrogens (tertiary/aromatic N) is 4. The van der Waals surface area contributed by atoms with Crippen LogP contribution in [0.15, 0.2) is 49.1 Å². The van der Waals surface area contributed by atoms with Crippen LogP contribution in [0.5, 0.6) is 0 Å². The van der Waals surface area contributed by atoms with E-state index in [1.807, 2.05) is 36.9 Å². The van der Waals surface area contributed by atoms with E-state index in [4.69, 9.17) is 4.74 Å². The van der Waals surface area contributed by atoms with Crippen LogP contribution in [0.2, 0.25) is 0 Å². The summed E-state index contributed by atoms with van der Waals surface area (Å²) >= 11 is 0. The molecule has 27 heavy (non-hydrogen) atoms. The van der Waals surface area contributed by atoms with Gasteiger partial charge >= 0.3 is 0 Å². The van der Waals surface area contributed by atoms with Gasteiger partial charge in [0, 0.05) is 50.0 Å². The molecule has 2 fully saturated rings. The summed E-state index contributed by atoms with van der Waals surface area (Å²) in [5, 5.41) is 0. The van der Waals surface area contributed by atoms with Gasteiger partial charge in [0.2, 0.25) is 0 Å². The van der Waals surface area contributed by atoms with E-state index in [9.17, 15) is 0 Å². The highest BCUT2D eigenvalue weighted by atomic mass is 16.5. The third kappa shape index (κ3) is 4.72. The van der Waals surface area contributed by atoms with Gasteiger partial charge in [-0.15, -0.1) is 0 Å². The van der Waals surface area contributed by atoms with Crippen molar-refractivity contribution in [1.82, 2.24) is 19.8 Å². The monoisotopic (exact) mass is 366 g/mol. The molecule has 0 saturated carbocycles. The molecule has 0 aromatic carbocycles. The lowest BCUT2D eigenvalue weighted by molar-refractivity contribution is 0.0769. The van der Waals surface area contributed by atoms with E-state index in [-0.39, 0.29) is 0 Å². The van der Waals surface area contributed by atoms with Gasteiger partial charge in [0.1, 0.15) is 0 Å². The van der Waals surface area contributed by atoms with Crippen molar-refractivity contribution in [3.63, 3.8) is 0 Å². The van der Waals surface area contributed by atoms with Crippen molar-refractivity contribution in [2.75, 3.05) is 39.4 Å². The Bertz CT molecular complexity index is 622. The maximum Gasteiger partial charge on any atom is 0.0594 e. The summed E-state index contributed by atoms with van der Waals surface area (Å²) in [7, 11) is 0. The standard InChI is InChI=1S/C22H30N4O/c1-5-19(17-23-9-1)21-7-3-11-25(21)13-15-27-16-14-26-12-4-8-22(26)20-6-2-10-24-18-20/h1-2,5-6,9-10,17-18,21-22H,3-4,7-8,11-16H2. The predicted octanol–water partition coefficient (Wildman–Crippen LogP) is 3.47. The average Bonchev–Trinajstić information content (AvgIpc) is 3.38. The van der Waals surface area contributed by atoms with Crippen LogP contribution in [0.4, 0.5) is 0 Å². The van der Waals surface area contributed by atoms with Crippen LogP contribution in [0.25, 0.3) is 0 Å². The van der Waals surface area contributed by atoms with Gasteiger partial charge in [-0.25, -0.2) is 0 Å². The van der Waals surface area contributed by atoms with Gasteiger partial charge < -0.3 is 4.74 Å². The minimum Gasteiger partial charge on any atom is -0.379 e. The Morgan fingerprint density at radius 2 is 1.33 bits per heavy atom. The normalized spacial score (nSPS) is 23.9. The summed E-state index contributed by atoms with van der Waals surface area (Å²) in [4.78, 5) is 13.7. The first kappa shape index (κ1) is 18.5. The summed E-state index contributed by atoms with van der Waals surface area (Å²) in [6, 6.07) is 9.49. The maximum absolute atomic E-state index is 6.01. The lowest BCUT2D eigenvalue weighted by Gasteiger charge is -2.26. The molecule has 5 heteroatoms. The Hall–Kier alpha value is -1.82. The van der Waals surface area contributed by atoms with Crippen LogP contribution in [0, 0.1) is 0 Å². The molecule has 0 aliphatic carbocycles. The number of rotatable bonds is 8. The number of aromatic nitrogens is 2. The second kappa shape index (κ2) is 9.40. The summed E-state index contributed by atoms with van der Waals surface area (Å²) in [5.41, 5.74) is 2.68. The third-order valence-electron chi connectivity index (χ3n) is 5.91. The van der Waals surface area contributed by atoms with E-state index in [0.29, 0.717) is 12.1 Å². The molecule has 0 radical (unpaired) electrons. The molecule has 5 nitrogen and oxygen atoms in total. The summed E-state index contributed by atoms with van der Waals surface area (Å²) in [5.74, 6) is 0. The molecule has 2 saturated heterocycles. The van der Waals surface area contributed by atoms with Crippen LogP contribution >= 0.6 is 0 Å². The third-order valence-corrected chi connectivity index (χ3v) is 5.91. The molecule has 0 bridgehead atoms. The zero-order chi connectivity index (χ0) is 18.3. The van der Waals surface area contributed by atoms with Crippen molar-refractivity contribution < 1.29 is 4.74 Å². The zero-order valence-corrected chi connectivity index (χ0v) is 16.0. The van der Waals surface area contributed by atoms with Crippen LogP contribution in [-0.4, -0.2) is 59.2 Å². The Morgan fingerprint density at radius 1 is 0.815 bits per heavy atom. The topological polar surface area (TPSA) is 41.5 Å². The molecule has 2 aromatic rings. The fourth-order valence-electron chi connectivity index (χ4n) is 4.55. The van der Waals surface area contributed by atoms with Gasteiger partial charge in [-0.05, 0) is 62.0 Å². The molecule has 4 rings (SSSR count). The van der Waals surface area contributed by atoms with Gasteiger partial charge in [0.15, 0.2) is 0 Å². The fourth-order valence-corrected chi connectivity index (χ4v) is 4.55. The number of pyridine rings is 2. The van der Waals surface area contributed by atoms with Crippen molar-refractivity contribution in [3.05, 3.63) is 60.2 Å². The molecule has 0 spiro atoms. The van der Waals surface area contributed by atoms with Gasteiger partial charge in [0.05, 0.1) is 13.2 Å². The van der Waals surface area contributed by atoms with E-state index in [2.05, 4.69) is 31.9 Å². The molecule has 4 heterocycles. The highest BCUT2D eigenvalue weighted by Gasteiger charge is 2.27. The number of hydrogen-bond donors (Lipinski definition) is 0. The van der Waals surface area contributed by atoms with E-state index in [1.54, 1.807) is 0 Å². The zero-order valence-electron chi connectivity index (χ0n) is 16.0. The lowest BCUT2D eigenvalue weighted by Crippen LogP contribution is -2.30. The maximum atomic E-state index is 6.01. The molecular formula is C22H30N4O. The Kier molecular flexibility index (Phi) is 6.45. The minimum atomic E-state index is 0.510. The Morgan fingerprint density at radius 3 is 1.78 bits per heavy atom. The quantitative estimate of drug-likeness (QED) is 0.669. The van der Waals surface area contributed by atoms with Crippen molar-refractivity contribution in [2.24, 2.45) is 0 Å². The summed E-state index contributed by atoms with van der Waals surface area (Å²) in [6.07, 6.45) is 12.7. The van der Waals surface area contributed by atoms with E-state index in [0.717, 1.165) is 39.4 Å². The van der Waals surface area contributed by atoms with E-state index >= 15 is 0 Å². The Balaban J connectivity index is 1.19. The van der Waals surface area contributed by atoms with Crippen molar-refractivity contribution >= 4 is 0 Å². The average molecular weight is 367 g/mol. The van der Waals surface area contributed by atoms with Crippen LogP contribution in [0.1, 0.15) is 48.9 Å². The molecule has 0 amide bonds. The molecular weight excluding hydrogens is 336 g/mol. The van der Waals surface area contributed by atoms with Crippen LogP contribution in [0.3, 0.4) is 0 Å². The number of likely N-dealkylation sites (tertiary alicyclic amines) is 2. The second-order valence-corrected chi connectivity index (χ2v) is 7.57. The van der Waals surface area contributed by atoms with E-state index < -0.39 is 0 Å². The molecule has 144 valence electrons. The fraction of sp³-hybridized carbons (Fsp3) is 0.545. The molecule has 2 aliphatic rings. The number of ether oxygens (including phenoxy) is 1. The SMILES string of the molecule is c1cncc(C2CCCN2CCOCCN2CCCC2c2cccnc2)c1. The molecule has 2 unspecified atom stereocenters. The highest BCUT2D eigenvalue weighted by molar-refractivity contribution is 5.16. The van der Waals surface area contributed by atoms with Crippen LogP contribution < -0.4 is 0 Å². The summed E-state index contributed by atoms with van der Waals surface area (Å²) < 4.78 is 6.01. The minimum absolute atomic E-state index is 0.510. The first-order chi connectivity index (χ1) is 13.4. The van der Waals surface area contributed by atoms with Crippen molar-refractivity contribution in [3.8, 4) is 0 Å². The molecule has 2 aromatic heterocycles. The van der Waals surface area contributed by atoms with Gasteiger partial charge in [-0.3, -0.25) is 19.8 Å². The van der Waals surface area contributed by atoms with Gasteiger partial charge in [-0.2, -0.15) is 0 Å². The predicted molar refractivity (Wildman–Crippen MR) is 106 cm³/mol. The number of hydrogen-bond acceptors (Lipinski definition) is 5. The van der Waals surface area contributed by atoms with Crippen molar-refractivity contribution in [2.45, 2.75) is 37.8 Å². The highest BCUT2D eigenvalue weighted by Crippen LogP contribution is 2.32. The molecule has 0 N–H and O–H groups in total. The van der Waals surface area contributed by atoms with Crippen LogP contribution in [-0.2, 0) is 4.74 Å². The smallest absolute Gasteiger partial charge is 0.0594 e. The van der Waals surface area contributed by atoms with Gasteiger partial charge in [-0.1, -0.05) is 12.1 Å². The first-order valence-corrected chi connectivity index (χ1v) is 10.3. The lowest BCUT2D eigenvalue weighted by atomic mass is 10.1. The Labute approximate surface area is 162 Å². The largest absolute Gasteiger partial charge is 0.379 e.